The molecule has 6 aromatic carbocycles. The first kappa shape index (κ1) is 56.5. The summed E-state index contributed by atoms with van der Waals surface area (Å²) in [6.07, 6.45) is 9.35. The van der Waals surface area contributed by atoms with E-state index in [-0.39, 0.29) is 5.57 Å². The van der Waals surface area contributed by atoms with Crippen LogP contribution in [-0.2, 0) is 49.4 Å². The standard InChI is InChI=1S/C68H67N5O9/c1-49-40-60(61(47-70)48-71)45-64(82-49)23-18-50-14-19-62(20-15-50)72-24-28-74-32-36-78-65-52-6-2-7-53(65)42-57-11-5-13-59-44-55-9-3-8-54(66(55)79-37-33-75-29-25-72)43-58-12-4-10-56(41-52)67(58)80-38-34-76-30-26-73(27-31-77-35-39-81-68(57)59)63-21-16-51(46-69)17-22-63/h2-23,40,45H,24-39,41-44H2,1H3/b23-18-. The molecule has 14 nitrogen and oxygen atoms in total. The second-order valence-corrected chi connectivity index (χ2v) is 20.2. The second kappa shape index (κ2) is 28.6. The van der Waals surface area contributed by atoms with Crippen molar-refractivity contribution in [3.8, 4) is 41.2 Å². The number of nitrogens with zero attached hydrogens (tertiary/aromatic N) is 5. The zero-order valence-corrected chi connectivity index (χ0v) is 46.4. The quantitative estimate of drug-likeness (QED) is 0.121. The van der Waals surface area contributed by atoms with Crippen LogP contribution in [0.15, 0.2) is 162 Å². The highest BCUT2D eigenvalue weighted by molar-refractivity contribution is 5.61. The third-order valence-electron chi connectivity index (χ3n) is 14.7. The maximum atomic E-state index is 9.47. The number of allylic oxidation sites excluding steroid dienone is 6. The molecule has 0 spiro atoms. The molecule has 6 aromatic rings. The fraction of sp³-hybridized carbons (Fsp3) is 0.309. The summed E-state index contributed by atoms with van der Waals surface area (Å²) in [5.41, 5.74) is 12.4. The van der Waals surface area contributed by atoms with E-state index in [9.17, 15) is 15.8 Å². The molecule has 0 unspecified atom stereocenters. The number of hydrogen-bond acceptors (Lipinski definition) is 14. The number of nitriles is 3. The van der Waals surface area contributed by atoms with E-state index < -0.39 is 0 Å². The highest BCUT2D eigenvalue weighted by atomic mass is 16.5. The summed E-state index contributed by atoms with van der Waals surface area (Å²) in [6, 6.07) is 47.7. The van der Waals surface area contributed by atoms with Gasteiger partial charge in [0, 0.05) is 68.8 Å². The molecule has 82 heavy (non-hydrogen) atoms. The lowest BCUT2D eigenvalue weighted by atomic mass is 9.91. The third-order valence-corrected chi connectivity index (χ3v) is 14.7. The number of ether oxygens (including phenoxy) is 9. The van der Waals surface area contributed by atoms with Gasteiger partial charge in [0.05, 0.1) is 64.5 Å². The summed E-state index contributed by atoms with van der Waals surface area (Å²) in [6.45, 7) is 8.93. The fourth-order valence-electron chi connectivity index (χ4n) is 10.6. The van der Waals surface area contributed by atoms with Gasteiger partial charge in [-0.05, 0) is 112 Å². The van der Waals surface area contributed by atoms with Crippen molar-refractivity contribution in [1.29, 1.82) is 15.8 Å². The molecule has 0 N–H and O–H groups in total. The van der Waals surface area contributed by atoms with Crippen LogP contribution in [0.5, 0.6) is 23.0 Å². The minimum absolute atomic E-state index is 0.0344. The number of anilines is 2. The molecule has 6 aliphatic rings. The van der Waals surface area contributed by atoms with Crippen LogP contribution in [0, 0.1) is 34.0 Å². The van der Waals surface area contributed by atoms with Crippen LogP contribution in [-0.4, -0.2) is 105 Å². The minimum Gasteiger partial charge on any atom is -0.491 e. The van der Waals surface area contributed by atoms with Gasteiger partial charge in [0.25, 0.3) is 0 Å². The molecular formula is C68H67N5O9. The van der Waals surface area contributed by atoms with Gasteiger partial charge >= 0.3 is 0 Å². The average molecular weight is 1100 g/mol. The van der Waals surface area contributed by atoms with Crippen molar-refractivity contribution < 1.29 is 42.6 Å². The number of fused-ring (bicyclic) bond motifs is 24. The van der Waals surface area contributed by atoms with Gasteiger partial charge < -0.3 is 52.4 Å². The third kappa shape index (κ3) is 14.8. The molecule has 12 bridgehead atoms. The Bertz CT molecular complexity index is 3210. The summed E-state index contributed by atoms with van der Waals surface area (Å²) in [7, 11) is 0. The molecule has 0 saturated carbocycles. The summed E-state index contributed by atoms with van der Waals surface area (Å²) in [4.78, 5) is 4.48. The van der Waals surface area contributed by atoms with E-state index >= 15 is 0 Å². The largest absolute Gasteiger partial charge is 0.491 e. The molecule has 0 radical (unpaired) electrons. The molecule has 5 heterocycles. The molecule has 5 aliphatic heterocycles. The van der Waals surface area contributed by atoms with Crippen molar-refractivity contribution in [2.75, 3.05) is 115 Å². The summed E-state index contributed by atoms with van der Waals surface area (Å²) < 4.78 is 58.8. The van der Waals surface area contributed by atoms with Crippen molar-refractivity contribution in [2.24, 2.45) is 0 Å². The van der Waals surface area contributed by atoms with E-state index in [2.05, 4.69) is 101 Å². The second-order valence-electron chi connectivity index (χ2n) is 20.2. The Labute approximate surface area is 480 Å². The predicted molar refractivity (Wildman–Crippen MR) is 314 cm³/mol. The van der Waals surface area contributed by atoms with Crippen LogP contribution in [0.25, 0.3) is 6.08 Å². The maximum absolute atomic E-state index is 9.47. The lowest BCUT2D eigenvalue weighted by Crippen LogP contribution is -2.31. The first-order valence-corrected chi connectivity index (χ1v) is 28.1. The topological polar surface area (TPSA) is 161 Å². The van der Waals surface area contributed by atoms with E-state index in [0.29, 0.717) is 154 Å². The van der Waals surface area contributed by atoms with Gasteiger partial charge in [-0.2, -0.15) is 15.8 Å². The zero-order chi connectivity index (χ0) is 56.3. The van der Waals surface area contributed by atoms with Crippen LogP contribution >= 0.6 is 0 Å². The van der Waals surface area contributed by atoms with E-state index in [1.165, 1.54) is 0 Å². The molecule has 14 heteroatoms. The van der Waals surface area contributed by atoms with Crippen LogP contribution in [0.4, 0.5) is 11.4 Å². The molecule has 12 rings (SSSR count). The van der Waals surface area contributed by atoms with E-state index in [1.54, 1.807) is 19.1 Å². The normalized spacial score (nSPS) is 16.9. The average Bonchev–Trinajstić information content (AvgIpc) is 3.54. The molecule has 0 fully saturated rings. The van der Waals surface area contributed by atoms with Crippen molar-refractivity contribution in [3.05, 3.63) is 218 Å². The molecule has 0 amide bonds. The van der Waals surface area contributed by atoms with E-state index in [4.69, 9.17) is 42.6 Å². The van der Waals surface area contributed by atoms with Gasteiger partial charge in [-0.25, -0.2) is 0 Å². The Morgan fingerprint density at radius 2 is 0.768 bits per heavy atom. The van der Waals surface area contributed by atoms with Gasteiger partial charge in [-0.15, -0.1) is 0 Å². The first-order valence-electron chi connectivity index (χ1n) is 28.1. The highest BCUT2D eigenvalue weighted by Gasteiger charge is 2.23. The number of para-hydroxylation sites is 4. The van der Waals surface area contributed by atoms with Crippen LogP contribution in [0.3, 0.4) is 0 Å². The molecule has 1 aliphatic carbocycles. The minimum atomic E-state index is 0.0344. The number of rotatable bonds is 4. The Morgan fingerprint density at radius 3 is 1.11 bits per heavy atom. The van der Waals surface area contributed by atoms with Crippen molar-refractivity contribution in [1.82, 2.24) is 0 Å². The summed E-state index contributed by atoms with van der Waals surface area (Å²) >= 11 is 0. The summed E-state index contributed by atoms with van der Waals surface area (Å²) in [5.74, 6) is 4.39. The van der Waals surface area contributed by atoms with Crippen LogP contribution in [0.1, 0.15) is 62.6 Å². The van der Waals surface area contributed by atoms with Crippen LogP contribution in [0.2, 0.25) is 0 Å². The Kier molecular flexibility index (Phi) is 19.7. The SMILES string of the molecule is CC1=CC(=C(C#N)C#N)C=C(/C=C\c2ccc(N3CCOCCOc4c5cccc4Cc4cccc6c4OCCOCCN(c4ccc(C#N)cc4)CCOCCOc4c(cccc4Cc4cccc(c4OCCOCC3)C6)C5)cc2)O1. The van der Waals surface area contributed by atoms with Gasteiger partial charge in [0.1, 0.15) is 78.7 Å². The first-order chi connectivity index (χ1) is 40.4. The number of benzene rings is 6. The molecular weight excluding hydrogens is 1030 g/mol. The highest BCUT2D eigenvalue weighted by Crippen LogP contribution is 2.39. The lowest BCUT2D eigenvalue weighted by Gasteiger charge is -2.26. The molecule has 0 aromatic heterocycles. The Balaban J connectivity index is 0.950. The van der Waals surface area contributed by atoms with Gasteiger partial charge in [0.2, 0.25) is 0 Å². The van der Waals surface area contributed by atoms with Gasteiger partial charge in [-0.1, -0.05) is 91.0 Å². The molecule has 418 valence electrons. The Morgan fingerprint density at radius 1 is 0.415 bits per heavy atom. The van der Waals surface area contributed by atoms with Gasteiger partial charge in [-0.3, -0.25) is 0 Å². The fourth-order valence-corrected chi connectivity index (χ4v) is 10.6. The van der Waals surface area contributed by atoms with E-state index in [0.717, 1.165) is 84.4 Å². The van der Waals surface area contributed by atoms with Crippen molar-refractivity contribution in [2.45, 2.75) is 32.6 Å². The summed E-state index contributed by atoms with van der Waals surface area (Å²) in [5, 5.41) is 28.3. The van der Waals surface area contributed by atoms with Gasteiger partial charge in [0.15, 0.2) is 0 Å². The Hall–Kier alpha value is -8.81. The zero-order valence-electron chi connectivity index (χ0n) is 46.4. The smallest absolute Gasteiger partial charge is 0.137 e. The number of hydrogen-bond donors (Lipinski definition) is 0. The predicted octanol–water partition coefficient (Wildman–Crippen LogP) is 11.0. The monoisotopic (exact) mass is 1100 g/mol. The maximum Gasteiger partial charge on any atom is 0.137 e. The lowest BCUT2D eigenvalue weighted by molar-refractivity contribution is 0.0945. The van der Waals surface area contributed by atoms with Crippen molar-refractivity contribution >= 4 is 17.5 Å². The molecule has 0 saturated heterocycles. The van der Waals surface area contributed by atoms with Crippen molar-refractivity contribution in [3.63, 3.8) is 0 Å². The molecule has 0 atom stereocenters. The van der Waals surface area contributed by atoms with Crippen LogP contribution < -0.4 is 28.7 Å². The van der Waals surface area contributed by atoms with E-state index in [1.807, 2.05) is 60.7 Å².